The first-order valence-electron chi connectivity index (χ1n) is 5.18. The molecule has 0 heterocycles. The molecular weight excluding hydrogens is 337 g/mol. The van der Waals surface area contributed by atoms with Crippen LogP contribution >= 0.6 is 39.1 Å². The molecule has 2 N–H and O–H groups in total. The fourth-order valence-corrected chi connectivity index (χ4v) is 2.18. The lowest BCUT2D eigenvalue weighted by molar-refractivity contribution is 0.306. The highest BCUT2D eigenvalue weighted by Gasteiger charge is 2.05. The van der Waals surface area contributed by atoms with Crippen LogP contribution in [0.4, 0.5) is 5.69 Å². The fourth-order valence-electron chi connectivity index (χ4n) is 1.42. The molecule has 0 fully saturated rings. The highest BCUT2D eigenvalue weighted by atomic mass is 79.9. The van der Waals surface area contributed by atoms with E-state index in [0.29, 0.717) is 28.1 Å². The van der Waals surface area contributed by atoms with Crippen LogP contribution in [-0.2, 0) is 6.61 Å². The van der Waals surface area contributed by atoms with E-state index in [2.05, 4.69) is 15.9 Å². The number of benzene rings is 2. The van der Waals surface area contributed by atoms with Gasteiger partial charge in [-0.15, -0.1) is 0 Å². The summed E-state index contributed by atoms with van der Waals surface area (Å²) in [4.78, 5) is 0. The molecule has 0 atom stereocenters. The number of anilines is 1. The molecule has 2 rings (SSSR count). The minimum Gasteiger partial charge on any atom is -0.487 e. The zero-order valence-electron chi connectivity index (χ0n) is 9.29. The van der Waals surface area contributed by atoms with Gasteiger partial charge in [0.25, 0.3) is 0 Å². The zero-order valence-corrected chi connectivity index (χ0v) is 12.4. The van der Waals surface area contributed by atoms with Gasteiger partial charge in [-0.05, 0) is 30.3 Å². The van der Waals surface area contributed by atoms with Crippen molar-refractivity contribution in [3.63, 3.8) is 0 Å². The Morgan fingerprint density at radius 1 is 1.06 bits per heavy atom. The largest absolute Gasteiger partial charge is 0.487 e. The summed E-state index contributed by atoms with van der Waals surface area (Å²) >= 11 is 15.5. The smallest absolute Gasteiger partial charge is 0.139 e. The van der Waals surface area contributed by atoms with Crippen molar-refractivity contribution in [3.05, 3.63) is 56.5 Å². The summed E-state index contributed by atoms with van der Waals surface area (Å²) < 4.78 is 6.54. The van der Waals surface area contributed by atoms with E-state index in [1.165, 1.54) is 0 Å². The van der Waals surface area contributed by atoms with Crippen LogP contribution in [0.15, 0.2) is 40.9 Å². The van der Waals surface area contributed by atoms with Gasteiger partial charge in [0.2, 0.25) is 0 Å². The van der Waals surface area contributed by atoms with Gasteiger partial charge in [-0.2, -0.15) is 0 Å². The minimum atomic E-state index is 0.343. The van der Waals surface area contributed by atoms with E-state index >= 15 is 0 Å². The monoisotopic (exact) mass is 345 g/mol. The Balaban J connectivity index is 2.13. The molecule has 2 aromatic rings. The number of nitrogens with two attached hydrogens (primary N) is 1. The van der Waals surface area contributed by atoms with Crippen molar-refractivity contribution in [2.24, 2.45) is 0 Å². The van der Waals surface area contributed by atoms with Gasteiger partial charge in [0.15, 0.2) is 0 Å². The number of hydrogen-bond acceptors (Lipinski definition) is 2. The van der Waals surface area contributed by atoms with Gasteiger partial charge in [0, 0.05) is 20.7 Å². The van der Waals surface area contributed by atoms with E-state index in [1.54, 1.807) is 18.2 Å². The third kappa shape index (κ3) is 3.31. The number of rotatable bonds is 3. The van der Waals surface area contributed by atoms with Crippen molar-refractivity contribution < 1.29 is 4.74 Å². The van der Waals surface area contributed by atoms with Crippen molar-refractivity contribution in [2.45, 2.75) is 6.61 Å². The molecule has 0 aliphatic carbocycles. The highest BCUT2D eigenvalue weighted by Crippen LogP contribution is 2.29. The molecule has 2 nitrogen and oxygen atoms in total. The van der Waals surface area contributed by atoms with Gasteiger partial charge in [-0.1, -0.05) is 45.2 Å². The Kier molecular flexibility index (Phi) is 4.38. The first-order chi connectivity index (χ1) is 8.56. The topological polar surface area (TPSA) is 35.2 Å². The lowest BCUT2D eigenvalue weighted by Gasteiger charge is -2.10. The van der Waals surface area contributed by atoms with Crippen molar-refractivity contribution in [1.82, 2.24) is 0 Å². The molecule has 0 bridgehead atoms. The molecule has 2 aromatic carbocycles. The average Bonchev–Trinajstić information content (AvgIpc) is 2.32. The molecule has 0 saturated carbocycles. The van der Waals surface area contributed by atoms with Crippen LogP contribution in [0.25, 0.3) is 0 Å². The second kappa shape index (κ2) is 5.83. The standard InChI is InChI=1S/C13H10BrCl2NO/c14-9-2-4-11(15)13(5-9)18-7-8-1-3-10(17)6-12(8)16/h1-6H,7,17H2. The maximum Gasteiger partial charge on any atom is 0.139 e. The maximum atomic E-state index is 6.06. The van der Waals surface area contributed by atoms with Crippen LogP contribution in [0.3, 0.4) is 0 Å². The van der Waals surface area contributed by atoms with E-state index in [9.17, 15) is 0 Å². The van der Waals surface area contributed by atoms with Crippen LogP contribution in [0.2, 0.25) is 10.0 Å². The van der Waals surface area contributed by atoms with Gasteiger partial charge in [0.05, 0.1) is 5.02 Å². The van der Waals surface area contributed by atoms with E-state index in [4.69, 9.17) is 33.7 Å². The van der Waals surface area contributed by atoms with E-state index in [-0.39, 0.29) is 0 Å². The molecule has 0 saturated heterocycles. The van der Waals surface area contributed by atoms with Crippen LogP contribution in [0.1, 0.15) is 5.56 Å². The quantitative estimate of drug-likeness (QED) is 0.801. The Morgan fingerprint density at radius 2 is 1.83 bits per heavy atom. The second-order valence-corrected chi connectivity index (χ2v) is 5.44. The lowest BCUT2D eigenvalue weighted by atomic mass is 10.2. The third-order valence-electron chi connectivity index (χ3n) is 2.35. The second-order valence-electron chi connectivity index (χ2n) is 3.71. The van der Waals surface area contributed by atoms with Gasteiger partial charge < -0.3 is 10.5 Å². The SMILES string of the molecule is Nc1ccc(COc2cc(Br)ccc2Cl)c(Cl)c1. The Hall–Kier alpha value is -0.900. The summed E-state index contributed by atoms with van der Waals surface area (Å²) in [6.45, 7) is 0.343. The Bertz CT molecular complexity index is 575. The Morgan fingerprint density at radius 3 is 2.56 bits per heavy atom. The summed E-state index contributed by atoms with van der Waals surface area (Å²) in [5.74, 6) is 0.610. The zero-order chi connectivity index (χ0) is 13.1. The number of halogens is 3. The molecule has 18 heavy (non-hydrogen) atoms. The normalized spacial score (nSPS) is 10.4. The van der Waals surface area contributed by atoms with Crippen LogP contribution < -0.4 is 10.5 Å². The Labute approximate surface area is 124 Å². The minimum absolute atomic E-state index is 0.343. The third-order valence-corrected chi connectivity index (χ3v) is 3.51. The van der Waals surface area contributed by atoms with Crippen molar-refractivity contribution in [2.75, 3.05) is 5.73 Å². The molecule has 0 aromatic heterocycles. The van der Waals surface area contributed by atoms with Crippen molar-refractivity contribution in [3.8, 4) is 5.75 Å². The van der Waals surface area contributed by atoms with E-state index < -0.39 is 0 Å². The summed E-state index contributed by atoms with van der Waals surface area (Å²) in [5, 5.41) is 1.14. The first-order valence-corrected chi connectivity index (χ1v) is 6.73. The highest BCUT2D eigenvalue weighted by molar-refractivity contribution is 9.10. The number of ether oxygens (including phenoxy) is 1. The first kappa shape index (κ1) is 13.5. The van der Waals surface area contributed by atoms with Crippen LogP contribution in [-0.4, -0.2) is 0 Å². The van der Waals surface area contributed by atoms with E-state index in [1.807, 2.05) is 18.2 Å². The van der Waals surface area contributed by atoms with Crippen LogP contribution in [0.5, 0.6) is 5.75 Å². The van der Waals surface area contributed by atoms with Gasteiger partial charge in [-0.25, -0.2) is 0 Å². The molecule has 0 spiro atoms. The average molecular weight is 347 g/mol. The molecule has 94 valence electrons. The predicted molar refractivity (Wildman–Crippen MR) is 79.3 cm³/mol. The molecule has 0 radical (unpaired) electrons. The van der Waals surface area contributed by atoms with Gasteiger partial charge in [-0.3, -0.25) is 0 Å². The van der Waals surface area contributed by atoms with Gasteiger partial charge >= 0.3 is 0 Å². The number of hydrogen-bond donors (Lipinski definition) is 1. The summed E-state index contributed by atoms with van der Waals surface area (Å²) in [6.07, 6.45) is 0. The maximum absolute atomic E-state index is 6.06. The number of nitrogen functional groups attached to an aromatic ring is 1. The predicted octanol–water partition coefficient (Wildman–Crippen LogP) is 4.92. The van der Waals surface area contributed by atoms with Crippen LogP contribution in [0, 0.1) is 0 Å². The van der Waals surface area contributed by atoms with Crippen molar-refractivity contribution >= 4 is 44.8 Å². The summed E-state index contributed by atoms with van der Waals surface area (Å²) in [6, 6.07) is 10.8. The molecule has 0 aliphatic rings. The molecule has 0 aliphatic heterocycles. The fraction of sp³-hybridized carbons (Fsp3) is 0.0769. The molecule has 5 heteroatoms. The van der Waals surface area contributed by atoms with Gasteiger partial charge in [0.1, 0.15) is 12.4 Å². The van der Waals surface area contributed by atoms with E-state index in [0.717, 1.165) is 10.0 Å². The molecule has 0 amide bonds. The summed E-state index contributed by atoms with van der Waals surface area (Å²) in [5.41, 5.74) is 7.12. The summed E-state index contributed by atoms with van der Waals surface area (Å²) in [7, 11) is 0. The molecular formula is C13H10BrCl2NO. The van der Waals surface area contributed by atoms with Crippen molar-refractivity contribution in [1.29, 1.82) is 0 Å². The molecule has 0 unspecified atom stereocenters. The lowest BCUT2D eigenvalue weighted by Crippen LogP contribution is -1.97.